The van der Waals surface area contributed by atoms with Crippen LogP contribution in [0.15, 0.2) is 60.7 Å². The van der Waals surface area contributed by atoms with Gasteiger partial charge in [0.15, 0.2) is 0 Å². The van der Waals surface area contributed by atoms with Crippen LogP contribution in [0.2, 0.25) is 0 Å². The van der Waals surface area contributed by atoms with Crippen molar-refractivity contribution in [2.45, 2.75) is 51.6 Å². The van der Waals surface area contributed by atoms with Crippen molar-refractivity contribution in [3.05, 3.63) is 71.8 Å². The topological polar surface area (TPSA) is 23.5 Å². The first-order chi connectivity index (χ1) is 10.8. The van der Waals surface area contributed by atoms with Gasteiger partial charge in [0.05, 0.1) is 0 Å². The van der Waals surface area contributed by atoms with E-state index in [1.807, 2.05) is 60.7 Å². The van der Waals surface area contributed by atoms with Crippen molar-refractivity contribution in [3.63, 3.8) is 0 Å². The van der Waals surface area contributed by atoms with Crippen LogP contribution in [-0.4, -0.2) is 10.3 Å². The van der Waals surface area contributed by atoms with E-state index >= 15 is 0 Å². The number of benzene rings is 2. The molecular weight excluding hydrogens is 270 g/mol. The summed E-state index contributed by atoms with van der Waals surface area (Å²) in [6, 6.07) is 19.9. The third-order valence-electron chi connectivity index (χ3n) is 3.92. The highest BCUT2D eigenvalue weighted by molar-refractivity contribution is 5.16. The van der Waals surface area contributed by atoms with Crippen molar-refractivity contribution in [3.8, 4) is 0 Å². The van der Waals surface area contributed by atoms with Gasteiger partial charge in [0, 0.05) is 13.1 Å². The fourth-order valence-corrected chi connectivity index (χ4v) is 2.70. The zero-order valence-corrected chi connectivity index (χ0v) is 13.3. The molecule has 2 heteroatoms. The highest BCUT2D eigenvalue weighted by Gasteiger charge is 2.02. The molecule has 2 aromatic rings. The Labute approximate surface area is 134 Å². The molecular formula is C20H27NO. The maximum absolute atomic E-state index is 9.79. The predicted octanol–water partition coefficient (Wildman–Crippen LogP) is 5.42. The van der Waals surface area contributed by atoms with Gasteiger partial charge in [-0.05, 0) is 11.1 Å². The standard InChI is InChI=1S/C14H15NO.C6H12/c16-15(11-13-7-3-1-4-8-13)12-14-9-5-2-6-10-14;1-2-4-6-5-3-1/h1-10,16H,11-12H2;1-6H2. The van der Waals surface area contributed by atoms with E-state index < -0.39 is 0 Å². The van der Waals surface area contributed by atoms with Crippen molar-refractivity contribution < 1.29 is 5.21 Å². The average molecular weight is 297 g/mol. The van der Waals surface area contributed by atoms with Crippen LogP contribution < -0.4 is 0 Å². The fourth-order valence-electron chi connectivity index (χ4n) is 2.70. The van der Waals surface area contributed by atoms with Crippen LogP contribution >= 0.6 is 0 Å². The molecule has 22 heavy (non-hydrogen) atoms. The molecule has 0 spiro atoms. The second-order valence-electron chi connectivity index (χ2n) is 5.92. The van der Waals surface area contributed by atoms with Crippen LogP contribution in [0.3, 0.4) is 0 Å². The molecule has 0 bridgehead atoms. The number of hydroxylamine groups is 2. The largest absolute Gasteiger partial charge is 0.313 e. The summed E-state index contributed by atoms with van der Waals surface area (Å²) in [5.74, 6) is 0. The molecule has 118 valence electrons. The average Bonchev–Trinajstić information content (AvgIpc) is 2.59. The van der Waals surface area contributed by atoms with Crippen molar-refractivity contribution in [1.82, 2.24) is 5.06 Å². The molecule has 1 saturated carbocycles. The van der Waals surface area contributed by atoms with Gasteiger partial charge >= 0.3 is 0 Å². The zero-order valence-electron chi connectivity index (χ0n) is 13.3. The Morgan fingerprint density at radius 1 is 0.591 bits per heavy atom. The summed E-state index contributed by atoms with van der Waals surface area (Å²) >= 11 is 0. The second-order valence-corrected chi connectivity index (χ2v) is 5.92. The molecule has 0 heterocycles. The van der Waals surface area contributed by atoms with E-state index in [9.17, 15) is 5.21 Å². The predicted molar refractivity (Wildman–Crippen MR) is 91.6 cm³/mol. The van der Waals surface area contributed by atoms with Gasteiger partial charge in [-0.15, -0.1) is 0 Å². The lowest BCUT2D eigenvalue weighted by atomic mass is 10.0. The Hall–Kier alpha value is -1.64. The van der Waals surface area contributed by atoms with Crippen molar-refractivity contribution in [1.29, 1.82) is 0 Å². The Bertz CT molecular complexity index is 441. The molecule has 0 aromatic heterocycles. The Balaban J connectivity index is 0.000000246. The molecule has 1 fully saturated rings. The van der Waals surface area contributed by atoms with Crippen LogP contribution in [-0.2, 0) is 13.1 Å². The number of nitrogens with zero attached hydrogens (tertiary/aromatic N) is 1. The maximum atomic E-state index is 9.79. The van der Waals surface area contributed by atoms with E-state index in [2.05, 4.69) is 0 Å². The van der Waals surface area contributed by atoms with Gasteiger partial charge in [0.1, 0.15) is 0 Å². The van der Waals surface area contributed by atoms with Crippen LogP contribution in [0.1, 0.15) is 49.7 Å². The minimum absolute atomic E-state index is 0.551. The van der Waals surface area contributed by atoms with Gasteiger partial charge in [0.2, 0.25) is 0 Å². The fraction of sp³-hybridized carbons (Fsp3) is 0.400. The molecule has 0 radical (unpaired) electrons. The van der Waals surface area contributed by atoms with Gasteiger partial charge in [-0.3, -0.25) is 0 Å². The lowest BCUT2D eigenvalue weighted by Gasteiger charge is -2.14. The summed E-state index contributed by atoms with van der Waals surface area (Å²) in [4.78, 5) is 0. The first-order valence-corrected chi connectivity index (χ1v) is 8.36. The molecule has 3 rings (SSSR count). The van der Waals surface area contributed by atoms with Gasteiger partial charge in [0.25, 0.3) is 0 Å². The lowest BCUT2D eigenvalue weighted by molar-refractivity contribution is -0.108. The second kappa shape index (κ2) is 10.1. The lowest BCUT2D eigenvalue weighted by Crippen LogP contribution is -2.17. The van der Waals surface area contributed by atoms with Gasteiger partial charge in [-0.2, -0.15) is 5.06 Å². The molecule has 0 unspecified atom stereocenters. The minimum Gasteiger partial charge on any atom is -0.313 e. The molecule has 0 saturated heterocycles. The Morgan fingerprint density at radius 3 is 1.23 bits per heavy atom. The van der Waals surface area contributed by atoms with Gasteiger partial charge < -0.3 is 5.21 Å². The highest BCUT2D eigenvalue weighted by Crippen LogP contribution is 2.15. The summed E-state index contributed by atoms with van der Waals surface area (Å²) in [6.45, 7) is 1.10. The summed E-state index contributed by atoms with van der Waals surface area (Å²) in [7, 11) is 0. The van der Waals surface area contributed by atoms with E-state index in [-0.39, 0.29) is 0 Å². The Kier molecular flexibility index (Phi) is 7.71. The van der Waals surface area contributed by atoms with Crippen molar-refractivity contribution >= 4 is 0 Å². The van der Waals surface area contributed by atoms with E-state index in [1.165, 1.54) is 43.6 Å². The number of hydrogen-bond acceptors (Lipinski definition) is 2. The summed E-state index contributed by atoms with van der Waals surface area (Å²) in [6.07, 6.45) is 9.00. The first kappa shape index (κ1) is 16.7. The number of hydrogen-bond donors (Lipinski definition) is 1. The van der Waals surface area contributed by atoms with Crippen molar-refractivity contribution in [2.24, 2.45) is 0 Å². The SMILES string of the molecule is C1CCCCC1.ON(Cc1ccccc1)Cc1ccccc1. The van der Waals surface area contributed by atoms with E-state index in [1.54, 1.807) is 0 Å². The normalized spacial score (nSPS) is 14.3. The quantitative estimate of drug-likeness (QED) is 0.762. The molecule has 0 amide bonds. The van der Waals surface area contributed by atoms with E-state index in [0.717, 1.165) is 11.1 Å². The van der Waals surface area contributed by atoms with Crippen LogP contribution in [0.4, 0.5) is 0 Å². The van der Waals surface area contributed by atoms with Crippen molar-refractivity contribution in [2.75, 3.05) is 0 Å². The first-order valence-electron chi connectivity index (χ1n) is 8.36. The maximum Gasteiger partial charge on any atom is 0.0492 e. The minimum atomic E-state index is 0.551. The summed E-state index contributed by atoms with van der Waals surface area (Å²) in [5.41, 5.74) is 2.22. The molecule has 2 aromatic carbocycles. The van der Waals surface area contributed by atoms with Gasteiger partial charge in [-0.1, -0.05) is 99.2 Å². The molecule has 1 N–H and O–H groups in total. The van der Waals surface area contributed by atoms with Gasteiger partial charge in [-0.25, -0.2) is 0 Å². The monoisotopic (exact) mass is 297 g/mol. The zero-order chi connectivity index (χ0) is 15.5. The van der Waals surface area contributed by atoms with Crippen LogP contribution in [0.5, 0.6) is 0 Å². The van der Waals surface area contributed by atoms with Crippen LogP contribution in [0, 0.1) is 0 Å². The van der Waals surface area contributed by atoms with E-state index in [0.29, 0.717) is 13.1 Å². The summed E-state index contributed by atoms with van der Waals surface area (Å²) < 4.78 is 0. The molecule has 2 nitrogen and oxygen atoms in total. The van der Waals surface area contributed by atoms with E-state index in [4.69, 9.17) is 0 Å². The number of rotatable bonds is 4. The highest BCUT2D eigenvalue weighted by atomic mass is 16.5. The third kappa shape index (κ3) is 6.88. The molecule has 0 aliphatic heterocycles. The summed E-state index contributed by atoms with van der Waals surface area (Å²) in [5, 5.41) is 11.1. The third-order valence-corrected chi connectivity index (χ3v) is 3.92. The van der Waals surface area contributed by atoms with Crippen LogP contribution in [0.25, 0.3) is 0 Å². The Morgan fingerprint density at radius 2 is 0.909 bits per heavy atom. The molecule has 0 atom stereocenters. The molecule has 1 aliphatic rings. The smallest absolute Gasteiger partial charge is 0.0492 e. The molecule has 1 aliphatic carbocycles.